The first-order valence-corrected chi connectivity index (χ1v) is 13.1. The zero-order chi connectivity index (χ0) is 24.7. The summed E-state index contributed by atoms with van der Waals surface area (Å²) in [4.78, 5) is 15.6. The normalized spacial score (nSPS) is 15.4. The molecule has 0 unspecified atom stereocenters. The Morgan fingerprint density at radius 3 is 2.46 bits per heavy atom. The summed E-state index contributed by atoms with van der Waals surface area (Å²) in [7, 11) is 5.76. The SMILES string of the molecule is CC.CO[NH2+]c1cccc(-c2nc(-c3cc4cn(C)nc4nc3C3CC3)n(C)c2C2CC2)c1CCl. The molecule has 2 aliphatic carbocycles. The number of imidazole rings is 1. The van der Waals surface area contributed by atoms with E-state index in [-0.39, 0.29) is 0 Å². The van der Waals surface area contributed by atoms with Gasteiger partial charge in [-0.25, -0.2) is 14.8 Å². The highest BCUT2D eigenvalue weighted by molar-refractivity contribution is 6.17. The number of aryl methyl sites for hydroxylation is 1. The molecular weight excluding hydrogens is 460 g/mol. The molecule has 0 amide bonds. The number of quaternary nitrogens is 1. The number of pyridine rings is 1. The zero-order valence-electron chi connectivity index (χ0n) is 21.2. The molecule has 2 N–H and O–H groups in total. The Hall–Kier alpha value is -2.74. The Labute approximate surface area is 211 Å². The minimum Gasteiger partial charge on any atom is -0.330 e. The Kier molecular flexibility index (Phi) is 6.66. The van der Waals surface area contributed by atoms with Crippen molar-refractivity contribution in [3.63, 3.8) is 0 Å². The highest BCUT2D eigenvalue weighted by Crippen LogP contribution is 2.49. The first kappa shape index (κ1) is 24.0. The molecule has 0 atom stereocenters. The monoisotopic (exact) mass is 493 g/mol. The molecule has 1 aromatic carbocycles. The van der Waals surface area contributed by atoms with Gasteiger partial charge in [-0.15, -0.1) is 11.6 Å². The van der Waals surface area contributed by atoms with E-state index in [0.29, 0.717) is 17.7 Å². The highest BCUT2D eigenvalue weighted by atomic mass is 35.5. The van der Waals surface area contributed by atoms with Crippen molar-refractivity contribution in [2.24, 2.45) is 14.1 Å². The number of fused-ring (bicyclic) bond motifs is 1. The van der Waals surface area contributed by atoms with Crippen LogP contribution in [0.2, 0.25) is 0 Å². The molecule has 0 aliphatic heterocycles. The van der Waals surface area contributed by atoms with Crippen molar-refractivity contribution in [2.45, 2.75) is 57.2 Å². The van der Waals surface area contributed by atoms with E-state index in [9.17, 15) is 0 Å². The second kappa shape index (κ2) is 9.72. The standard InChI is InChI=1S/C25H27ClN6O.C2H6/c1-31-13-16-11-18(21(14-7-8-14)27-24(16)29-31)25-28-22(23(32(25)2)15-9-10-15)17-5-4-6-20(30-33-3)19(17)12-26;1-2/h4-6,11,13-15,30H,7-10,12H2,1-3H3;1-2H3/p+1. The van der Waals surface area contributed by atoms with Crippen molar-refractivity contribution < 1.29 is 10.3 Å². The molecule has 2 aliphatic rings. The fraction of sp³-hybridized carbons (Fsp3) is 0.444. The molecule has 0 radical (unpaired) electrons. The molecule has 184 valence electrons. The Balaban J connectivity index is 0.00000124. The van der Waals surface area contributed by atoms with Crippen LogP contribution in [0.3, 0.4) is 0 Å². The Morgan fingerprint density at radius 2 is 1.80 bits per heavy atom. The molecule has 3 heterocycles. The van der Waals surface area contributed by atoms with Crippen LogP contribution in [-0.4, -0.2) is 31.4 Å². The van der Waals surface area contributed by atoms with Gasteiger partial charge in [0.2, 0.25) is 0 Å². The van der Waals surface area contributed by atoms with Gasteiger partial charge in [0.25, 0.3) is 0 Å². The van der Waals surface area contributed by atoms with Crippen LogP contribution in [0.1, 0.15) is 68.3 Å². The van der Waals surface area contributed by atoms with Crippen LogP contribution in [-0.2, 0) is 24.8 Å². The summed E-state index contributed by atoms with van der Waals surface area (Å²) in [6.07, 6.45) is 6.78. The number of rotatable bonds is 7. The second-order valence-corrected chi connectivity index (χ2v) is 9.54. The summed E-state index contributed by atoms with van der Waals surface area (Å²) in [5.74, 6) is 2.41. The lowest BCUT2D eigenvalue weighted by Gasteiger charge is -2.11. The van der Waals surface area contributed by atoms with Crippen molar-refractivity contribution >= 4 is 28.3 Å². The van der Waals surface area contributed by atoms with E-state index in [2.05, 4.69) is 34.9 Å². The summed E-state index contributed by atoms with van der Waals surface area (Å²) in [6.45, 7) is 4.00. The topological polar surface area (TPSA) is 74.4 Å². The third kappa shape index (κ3) is 4.37. The maximum absolute atomic E-state index is 6.45. The van der Waals surface area contributed by atoms with E-state index in [4.69, 9.17) is 26.4 Å². The molecule has 3 aromatic heterocycles. The molecule has 6 rings (SSSR count). The maximum atomic E-state index is 6.45. The van der Waals surface area contributed by atoms with Crippen molar-refractivity contribution in [1.29, 1.82) is 0 Å². The number of alkyl halides is 1. The minimum atomic E-state index is 0.401. The lowest BCUT2D eigenvalue weighted by Crippen LogP contribution is -2.76. The van der Waals surface area contributed by atoms with Gasteiger partial charge in [-0.2, -0.15) is 10.6 Å². The number of nitrogens with zero attached hydrogens (tertiary/aromatic N) is 5. The number of aromatic nitrogens is 5. The van der Waals surface area contributed by atoms with Crippen LogP contribution < -0.4 is 5.48 Å². The van der Waals surface area contributed by atoms with E-state index in [1.165, 1.54) is 31.4 Å². The molecule has 2 saturated carbocycles. The summed E-state index contributed by atoms with van der Waals surface area (Å²) in [6, 6.07) is 8.45. The summed E-state index contributed by atoms with van der Waals surface area (Å²) in [5.41, 5.74) is 10.3. The third-order valence-corrected chi connectivity index (χ3v) is 7.06. The van der Waals surface area contributed by atoms with Crippen molar-refractivity contribution in [2.75, 3.05) is 7.11 Å². The van der Waals surface area contributed by atoms with Crippen LogP contribution in [0.4, 0.5) is 5.69 Å². The molecule has 2 fully saturated rings. The van der Waals surface area contributed by atoms with E-state index in [1.54, 1.807) is 12.6 Å². The van der Waals surface area contributed by atoms with Gasteiger partial charge >= 0.3 is 0 Å². The molecule has 8 heteroatoms. The van der Waals surface area contributed by atoms with Crippen LogP contribution in [0.25, 0.3) is 33.7 Å². The van der Waals surface area contributed by atoms with Gasteiger partial charge in [-0.3, -0.25) is 4.68 Å². The molecular formula is C27H34ClN6O+. The van der Waals surface area contributed by atoms with E-state index in [1.807, 2.05) is 37.8 Å². The lowest BCUT2D eigenvalue weighted by molar-refractivity contribution is -0.830. The minimum absolute atomic E-state index is 0.401. The highest BCUT2D eigenvalue weighted by Gasteiger charge is 2.35. The van der Waals surface area contributed by atoms with Gasteiger partial charge in [-0.1, -0.05) is 26.0 Å². The van der Waals surface area contributed by atoms with Gasteiger partial charge < -0.3 is 4.57 Å². The maximum Gasteiger partial charge on any atom is 0.181 e. The van der Waals surface area contributed by atoms with Gasteiger partial charge in [0, 0.05) is 66.0 Å². The van der Waals surface area contributed by atoms with Gasteiger partial charge in [0.1, 0.15) is 5.82 Å². The fourth-order valence-corrected chi connectivity index (χ4v) is 5.22. The van der Waals surface area contributed by atoms with Gasteiger partial charge in [0.05, 0.1) is 24.4 Å². The number of benzene rings is 1. The van der Waals surface area contributed by atoms with Crippen molar-refractivity contribution in [3.05, 3.63) is 47.4 Å². The first-order valence-electron chi connectivity index (χ1n) is 12.5. The molecule has 0 spiro atoms. The van der Waals surface area contributed by atoms with E-state index >= 15 is 0 Å². The number of nitrogens with two attached hydrogens (primary N) is 1. The smallest absolute Gasteiger partial charge is 0.181 e. The van der Waals surface area contributed by atoms with Crippen LogP contribution in [0, 0.1) is 0 Å². The molecule has 0 saturated heterocycles. The third-order valence-electron chi connectivity index (χ3n) is 6.79. The van der Waals surface area contributed by atoms with E-state index in [0.717, 1.165) is 50.6 Å². The number of hydrogen-bond acceptors (Lipinski definition) is 4. The van der Waals surface area contributed by atoms with Crippen molar-refractivity contribution in [3.8, 4) is 22.6 Å². The summed E-state index contributed by atoms with van der Waals surface area (Å²) >= 11 is 6.45. The second-order valence-electron chi connectivity index (χ2n) is 9.27. The molecule has 35 heavy (non-hydrogen) atoms. The zero-order valence-corrected chi connectivity index (χ0v) is 21.9. The predicted molar refractivity (Wildman–Crippen MR) is 140 cm³/mol. The van der Waals surface area contributed by atoms with Gasteiger partial charge in [0.15, 0.2) is 11.3 Å². The lowest BCUT2D eigenvalue weighted by atomic mass is 10.0. The van der Waals surface area contributed by atoms with Crippen LogP contribution in [0.15, 0.2) is 30.5 Å². The average Bonchev–Trinajstić information content (AvgIpc) is 3.80. The average molecular weight is 494 g/mol. The van der Waals surface area contributed by atoms with Gasteiger partial charge in [-0.05, 0) is 31.7 Å². The molecule has 4 aromatic rings. The Bertz CT molecular complexity index is 1370. The van der Waals surface area contributed by atoms with E-state index < -0.39 is 0 Å². The van der Waals surface area contributed by atoms with Crippen LogP contribution in [0.5, 0.6) is 0 Å². The summed E-state index contributed by atoms with van der Waals surface area (Å²) < 4.78 is 4.13. The fourth-order valence-electron chi connectivity index (χ4n) is 4.92. The quantitative estimate of drug-likeness (QED) is 0.215. The number of hydrogen-bond donors (Lipinski definition) is 1. The van der Waals surface area contributed by atoms with Crippen LogP contribution >= 0.6 is 11.6 Å². The largest absolute Gasteiger partial charge is 0.330 e. The summed E-state index contributed by atoms with van der Waals surface area (Å²) in [5, 5.41) is 5.60. The first-order chi connectivity index (χ1) is 17.1. The number of halogens is 1. The molecule has 7 nitrogen and oxygen atoms in total. The molecule has 0 bridgehead atoms. The Morgan fingerprint density at radius 1 is 1.06 bits per heavy atom. The predicted octanol–water partition coefficient (Wildman–Crippen LogP) is 5.31. The van der Waals surface area contributed by atoms with Crippen molar-refractivity contribution in [1.82, 2.24) is 24.3 Å².